The Balaban J connectivity index is 2.30. The quantitative estimate of drug-likeness (QED) is 0.510. The average Bonchev–Trinajstić information content (AvgIpc) is 2.30. The monoisotopic (exact) mass is 152 g/mol. The number of hydrogen-bond donors (Lipinski definition) is 1. The van der Waals surface area contributed by atoms with Gasteiger partial charge in [0.25, 0.3) is 0 Å². The second kappa shape index (κ2) is 2.20. The van der Waals surface area contributed by atoms with E-state index in [0.29, 0.717) is 12.2 Å². The summed E-state index contributed by atoms with van der Waals surface area (Å²) in [7, 11) is 0. The minimum absolute atomic E-state index is 0.132. The minimum Gasteiger partial charge on any atom is -0.429 e. The molecule has 0 spiro atoms. The molecule has 2 rings (SSSR count). The third-order valence-electron chi connectivity index (χ3n) is 1.99. The largest absolute Gasteiger partial charge is 0.429 e. The van der Waals surface area contributed by atoms with Crippen LogP contribution in [0.5, 0.6) is 0 Å². The molecule has 1 heterocycles. The van der Waals surface area contributed by atoms with Gasteiger partial charge in [0, 0.05) is 0 Å². The van der Waals surface area contributed by atoms with E-state index in [1.807, 2.05) is 12.2 Å². The van der Waals surface area contributed by atoms with Crippen molar-refractivity contribution >= 4 is 5.97 Å². The molecule has 2 atom stereocenters. The molecule has 0 aromatic carbocycles. The fourth-order valence-corrected chi connectivity index (χ4v) is 1.36. The van der Waals surface area contributed by atoms with Crippen molar-refractivity contribution in [3.05, 3.63) is 24.0 Å². The average molecular weight is 152 g/mol. The van der Waals surface area contributed by atoms with Crippen molar-refractivity contribution in [2.45, 2.75) is 12.5 Å². The van der Waals surface area contributed by atoms with Gasteiger partial charge in [0.05, 0.1) is 5.92 Å². The number of aliphatic hydroxyl groups excluding tert-OH is 1. The van der Waals surface area contributed by atoms with Crippen LogP contribution in [-0.4, -0.2) is 17.2 Å². The van der Waals surface area contributed by atoms with Gasteiger partial charge in [-0.2, -0.15) is 0 Å². The number of esters is 1. The molecule has 2 unspecified atom stereocenters. The van der Waals surface area contributed by atoms with E-state index in [-0.39, 0.29) is 5.92 Å². The maximum Gasteiger partial charge on any atom is 0.340 e. The SMILES string of the molecule is O=C1OC2=CC=CCC2C1O. The molecular formula is C8H8O3. The van der Waals surface area contributed by atoms with Crippen LogP contribution in [-0.2, 0) is 9.53 Å². The van der Waals surface area contributed by atoms with Crippen molar-refractivity contribution in [1.29, 1.82) is 0 Å². The van der Waals surface area contributed by atoms with Gasteiger partial charge < -0.3 is 9.84 Å². The summed E-state index contributed by atoms with van der Waals surface area (Å²) in [6, 6.07) is 0. The van der Waals surface area contributed by atoms with Gasteiger partial charge in [-0.15, -0.1) is 0 Å². The molecule has 1 aliphatic heterocycles. The molecule has 0 saturated carbocycles. The molecule has 1 aliphatic carbocycles. The Labute approximate surface area is 64.0 Å². The maximum absolute atomic E-state index is 10.8. The van der Waals surface area contributed by atoms with Crippen LogP contribution in [0.2, 0.25) is 0 Å². The molecule has 58 valence electrons. The lowest BCUT2D eigenvalue weighted by molar-refractivity contribution is -0.143. The van der Waals surface area contributed by atoms with E-state index in [4.69, 9.17) is 4.74 Å². The van der Waals surface area contributed by atoms with Gasteiger partial charge in [0.2, 0.25) is 0 Å². The first kappa shape index (κ1) is 6.61. The summed E-state index contributed by atoms with van der Waals surface area (Å²) < 4.78 is 4.80. The topological polar surface area (TPSA) is 46.5 Å². The molecule has 3 heteroatoms. The number of rotatable bonds is 0. The van der Waals surface area contributed by atoms with Crippen LogP contribution >= 0.6 is 0 Å². The van der Waals surface area contributed by atoms with E-state index in [0.717, 1.165) is 0 Å². The van der Waals surface area contributed by atoms with Crippen LogP contribution in [0.25, 0.3) is 0 Å². The summed E-state index contributed by atoms with van der Waals surface area (Å²) in [5.74, 6) is -0.0533. The van der Waals surface area contributed by atoms with Gasteiger partial charge in [-0.05, 0) is 12.5 Å². The van der Waals surface area contributed by atoms with E-state index >= 15 is 0 Å². The Bertz CT molecular complexity index is 252. The van der Waals surface area contributed by atoms with E-state index < -0.39 is 12.1 Å². The molecule has 0 radical (unpaired) electrons. The van der Waals surface area contributed by atoms with Crippen LogP contribution < -0.4 is 0 Å². The molecule has 0 amide bonds. The predicted octanol–water partition coefficient (Wildman–Crippen LogP) is 0.364. The van der Waals surface area contributed by atoms with Gasteiger partial charge in [-0.25, -0.2) is 4.79 Å². The number of aliphatic hydroxyl groups is 1. The van der Waals surface area contributed by atoms with Crippen molar-refractivity contribution in [1.82, 2.24) is 0 Å². The Hall–Kier alpha value is -1.09. The molecule has 0 aromatic heterocycles. The summed E-state index contributed by atoms with van der Waals surface area (Å²) in [6.07, 6.45) is 5.21. The van der Waals surface area contributed by atoms with Crippen LogP contribution in [0.1, 0.15) is 6.42 Å². The molecule has 0 bridgehead atoms. The van der Waals surface area contributed by atoms with Gasteiger partial charge in [0.1, 0.15) is 5.76 Å². The third-order valence-corrected chi connectivity index (χ3v) is 1.99. The lowest BCUT2D eigenvalue weighted by Gasteiger charge is -2.10. The summed E-state index contributed by atoms with van der Waals surface area (Å²) in [5.41, 5.74) is 0. The first-order valence-corrected chi connectivity index (χ1v) is 3.55. The smallest absolute Gasteiger partial charge is 0.340 e. The Morgan fingerprint density at radius 2 is 2.45 bits per heavy atom. The minimum atomic E-state index is -0.953. The zero-order valence-electron chi connectivity index (χ0n) is 5.86. The highest BCUT2D eigenvalue weighted by molar-refractivity contribution is 5.79. The number of carbonyl (C=O) groups is 1. The van der Waals surface area contributed by atoms with Crippen molar-refractivity contribution in [3.8, 4) is 0 Å². The first-order valence-electron chi connectivity index (χ1n) is 3.55. The molecule has 1 N–H and O–H groups in total. The maximum atomic E-state index is 10.8. The van der Waals surface area contributed by atoms with Gasteiger partial charge in [-0.1, -0.05) is 12.2 Å². The Morgan fingerprint density at radius 3 is 3.18 bits per heavy atom. The van der Waals surface area contributed by atoms with Crippen molar-refractivity contribution in [2.24, 2.45) is 5.92 Å². The molecule has 3 nitrogen and oxygen atoms in total. The van der Waals surface area contributed by atoms with E-state index in [2.05, 4.69) is 0 Å². The molecule has 11 heavy (non-hydrogen) atoms. The van der Waals surface area contributed by atoms with Crippen LogP contribution in [0, 0.1) is 5.92 Å². The normalized spacial score (nSPS) is 34.6. The van der Waals surface area contributed by atoms with Gasteiger partial charge in [-0.3, -0.25) is 0 Å². The highest BCUT2D eigenvalue weighted by Crippen LogP contribution is 2.31. The van der Waals surface area contributed by atoms with Crippen LogP contribution in [0.15, 0.2) is 24.0 Å². The fraction of sp³-hybridized carbons (Fsp3) is 0.375. The highest BCUT2D eigenvalue weighted by atomic mass is 16.6. The van der Waals surface area contributed by atoms with E-state index in [9.17, 15) is 9.90 Å². The lowest BCUT2D eigenvalue weighted by Crippen LogP contribution is -2.21. The van der Waals surface area contributed by atoms with E-state index in [1.54, 1.807) is 6.08 Å². The summed E-state index contributed by atoms with van der Waals surface area (Å²) in [6.45, 7) is 0. The second-order valence-corrected chi connectivity index (χ2v) is 2.71. The first-order chi connectivity index (χ1) is 5.29. The standard InChI is InChI=1S/C8H8O3/c9-7-5-3-1-2-4-6(5)11-8(7)10/h1-2,4-5,7,9H,3H2. The molecule has 2 aliphatic rings. The number of hydrogen-bond acceptors (Lipinski definition) is 3. The molecular weight excluding hydrogens is 144 g/mol. The number of carbonyl (C=O) groups excluding carboxylic acids is 1. The zero-order valence-corrected chi connectivity index (χ0v) is 5.86. The Morgan fingerprint density at radius 1 is 1.64 bits per heavy atom. The van der Waals surface area contributed by atoms with Crippen molar-refractivity contribution in [3.63, 3.8) is 0 Å². The molecule has 1 fully saturated rings. The van der Waals surface area contributed by atoms with Crippen LogP contribution in [0.3, 0.4) is 0 Å². The summed E-state index contributed by atoms with van der Waals surface area (Å²) in [4.78, 5) is 10.8. The zero-order chi connectivity index (χ0) is 7.84. The Kier molecular flexibility index (Phi) is 1.32. The summed E-state index contributed by atoms with van der Waals surface area (Å²) in [5, 5.41) is 9.24. The van der Waals surface area contributed by atoms with Crippen molar-refractivity contribution < 1.29 is 14.6 Å². The van der Waals surface area contributed by atoms with E-state index in [1.165, 1.54) is 0 Å². The molecule has 0 aromatic rings. The number of allylic oxidation sites excluding steroid dienone is 3. The lowest BCUT2D eigenvalue weighted by atomic mass is 9.95. The predicted molar refractivity (Wildman–Crippen MR) is 37.4 cm³/mol. The third kappa shape index (κ3) is 0.886. The van der Waals surface area contributed by atoms with Crippen molar-refractivity contribution in [2.75, 3.05) is 0 Å². The fourth-order valence-electron chi connectivity index (χ4n) is 1.36. The summed E-state index contributed by atoms with van der Waals surface area (Å²) >= 11 is 0. The van der Waals surface area contributed by atoms with Gasteiger partial charge in [0.15, 0.2) is 6.10 Å². The molecule has 1 saturated heterocycles. The number of fused-ring (bicyclic) bond motifs is 1. The highest BCUT2D eigenvalue weighted by Gasteiger charge is 2.39. The number of ether oxygens (including phenoxy) is 1. The second-order valence-electron chi connectivity index (χ2n) is 2.71. The van der Waals surface area contributed by atoms with Crippen LogP contribution in [0.4, 0.5) is 0 Å². The van der Waals surface area contributed by atoms with Gasteiger partial charge >= 0.3 is 5.97 Å².